The molecule has 2 aromatic heterocycles. The van der Waals surface area contributed by atoms with Gasteiger partial charge in [0, 0.05) is 12.1 Å². The highest BCUT2D eigenvalue weighted by Crippen LogP contribution is 2.34. The maximum Gasteiger partial charge on any atom is 0.340 e. The summed E-state index contributed by atoms with van der Waals surface area (Å²) in [4.78, 5) is 29.5. The molecule has 29 heavy (non-hydrogen) atoms. The molecule has 2 heterocycles. The lowest BCUT2D eigenvalue weighted by atomic mass is 10.0. The lowest BCUT2D eigenvalue weighted by molar-refractivity contribution is -0.115. The molecule has 0 saturated heterocycles. The van der Waals surface area contributed by atoms with Crippen molar-refractivity contribution in [3.05, 3.63) is 57.9 Å². The van der Waals surface area contributed by atoms with Crippen LogP contribution in [0.4, 0.5) is 5.13 Å². The van der Waals surface area contributed by atoms with Crippen LogP contribution in [-0.2, 0) is 11.2 Å². The Morgan fingerprint density at radius 1 is 1.21 bits per heavy atom. The molecular formula is C21H18N2O5S. The molecule has 2 aromatic carbocycles. The van der Waals surface area contributed by atoms with Crippen LogP contribution in [0.25, 0.3) is 21.2 Å². The summed E-state index contributed by atoms with van der Waals surface area (Å²) < 4.78 is 17.1. The minimum Gasteiger partial charge on any atom is -0.496 e. The standard InChI is InChI=1S/C21H18N2O5S/c1-11-13(10-18(24)23-21-22-14-6-4-5-7-17(14)29-21)20(25)28-16-9-12(26-2)8-15(27-3)19(11)16/h4-9H,10H2,1-3H3,(H,22,23,24). The summed E-state index contributed by atoms with van der Waals surface area (Å²) >= 11 is 1.38. The van der Waals surface area contributed by atoms with E-state index in [9.17, 15) is 9.59 Å². The quantitative estimate of drug-likeness (QED) is 0.502. The van der Waals surface area contributed by atoms with Gasteiger partial charge in [-0.25, -0.2) is 9.78 Å². The molecule has 0 radical (unpaired) electrons. The van der Waals surface area contributed by atoms with E-state index < -0.39 is 5.63 Å². The van der Waals surface area contributed by atoms with E-state index in [0.29, 0.717) is 33.2 Å². The Kier molecular flexibility index (Phi) is 4.94. The molecule has 0 bridgehead atoms. The van der Waals surface area contributed by atoms with Gasteiger partial charge in [0.15, 0.2) is 5.13 Å². The molecular weight excluding hydrogens is 392 g/mol. The molecule has 0 unspecified atom stereocenters. The SMILES string of the molecule is COc1cc(OC)c2c(C)c(CC(=O)Nc3nc4ccccc4s3)c(=O)oc2c1. The van der Waals surface area contributed by atoms with Crippen molar-refractivity contribution >= 4 is 43.6 Å². The lowest BCUT2D eigenvalue weighted by Gasteiger charge is -2.12. The molecule has 1 amide bonds. The third kappa shape index (κ3) is 3.54. The number of hydrogen-bond donors (Lipinski definition) is 1. The Morgan fingerprint density at radius 3 is 2.72 bits per heavy atom. The molecule has 8 heteroatoms. The Bertz CT molecular complexity index is 1260. The van der Waals surface area contributed by atoms with Gasteiger partial charge in [-0.3, -0.25) is 4.79 Å². The van der Waals surface area contributed by atoms with Crippen LogP contribution >= 0.6 is 11.3 Å². The number of hydrogen-bond acceptors (Lipinski definition) is 7. The van der Waals surface area contributed by atoms with E-state index in [2.05, 4.69) is 10.3 Å². The summed E-state index contributed by atoms with van der Waals surface area (Å²) in [7, 11) is 3.05. The van der Waals surface area contributed by atoms with Gasteiger partial charge in [-0.05, 0) is 24.6 Å². The number of para-hydroxylation sites is 1. The number of ether oxygens (including phenoxy) is 2. The first-order chi connectivity index (χ1) is 14.0. The molecule has 148 valence electrons. The number of benzene rings is 2. The number of carbonyl (C=O) groups excluding carboxylic acids is 1. The minimum absolute atomic E-state index is 0.130. The van der Waals surface area contributed by atoms with Gasteiger partial charge in [0.2, 0.25) is 5.91 Å². The average molecular weight is 410 g/mol. The third-order valence-corrected chi connectivity index (χ3v) is 5.60. The zero-order chi connectivity index (χ0) is 20.5. The van der Waals surface area contributed by atoms with Crippen LogP contribution < -0.4 is 20.4 Å². The summed E-state index contributed by atoms with van der Waals surface area (Å²) in [5, 5.41) is 3.89. The number of anilines is 1. The van der Waals surface area contributed by atoms with Crippen LogP contribution in [0.15, 0.2) is 45.6 Å². The Morgan fingerprint density at radius 2 is 2.00 bits per heavy atom. The van der Waals surface area contributed by atoms with Crippen molar-refractivity contribution in [2.24, 2.45) is 0 Å². The zero-order valence-corrected chi connectivity index (χ0v) is 16.9. The molecule has 0 fully saturated rings. The van der Waals surface area contributed by atoms with Crippen molar-refractivity contribution in [3.63, 3.8) is 0 Å². The van der Waals surface area contributed by atoms with E-state index in [1.807, 2.05) is 24.3 Å². The van der Waals surface area contributed by atoms with Crippen molar-refractivity contribution in [2.75, 3.05) is 19.5 Å². The van der Waals surface area contributed by atoms with Crippen LogP contribution in [0.2, 0.25) is 0 Å². The topological polar surface area (TPSA) is 90.7 Å². The Labute approximate surface area is 169 Å². The highest BCUT2D eigenvalue weighted by atomic mass is 32.1. The number of fused-ring (bicyclic) bond motifs is 2. The van der Waals surface area contributed by atoms with Crippen LogP contribution in [0.5, 0.6) is 11.5 Å². The van der Waals surface area contributed by atoms with E-state index in [-0.39, 0.29) is 17.9 Å². The number of thiazole rings is 1. The number of nitrogens with zero attached hydrogens (tertiary/aromatic N) is 1. The Balaban J connectivity index is 1.68. The van der Waals surface area contributed by atoms with Crippen LogP contribution in [0.1, 0.15) is 11.1 Å². The monoisotopic (exact) mass is 410 g/mol. The van der Waals surface area contributed by atoms with Crippen molar-refractivity contribution in [1.29, 1.82) is 0 Å². The molecule has 0 aliphatic rings. The molecule has 7 nitrogen and oxygen atoms in total. The van der Waals surface area contributed by atoms with Gasteiger partial charge in [0.05, 0.1) is 41.8 Å². The molecule has 0 aliphatic heterocycles. The number of nitrogens with one attached hydrogen (secondary N) is 1. The van der Waals surface area contributed by atoms with E-state index >= 15 is 0 Å². The summed E-state index contributed by atoms with van der Waals surface area (Å²) in [6.07, 6.45) is -0.130. The molecule has 1 N–H and O–H groups in total. The van der Waals surface area contributed by atoms with E-state index in [0.717, 1.165) is 10.2 Å². The molecule has 0 atom stereocenters. The average Bonchev–Trinajstić information content (AvgIpc) is 3.12. The lowest BCUT2D eigenvalue weighted by Crippen LogP contribution is -2.20. The van der Waals surface area contributed by atoms with Crippen LogP contribution in [-0.4, -0.2) is 25.1 Å². The second kappa shape index (κ2) is 7.56. The van der Waals surface area contributed by atoms with Gasteiger partial charge >= 0.3 is 5.63 Å². The molecule has 0 aliphatic carbocycles. The largest absolute Gasteiger partial charge is 0.496 e. The normalized spacial score (nSPS) is 11.0. The fourth-order valence-electron chi connectivity index (χ4n) is 3.21. The van der Waals surface area contributed by atoms with E-state index in [1.165, 1.54) is 25.6 Å². The maximum absolute atomic E-state index is 12.6. The van der Waals surface area contributed by atoms with E-state index in [4.69, 9.17) is 13.9 Å². The number of rotatable bonds is 5. The van der Waals surface area contributed by atoms with Gasteiger partial charge in [-0.2, -0.15) is 0 Å². The molecule has 4 aromatic rings. The number of aromatic nitrogens is 1. The van der Waals surface area contributed by atoms with Gasteiger partial charge in [-0.15, -0.1) is 0 Å². The van der Waals surface area contributed by atoms with Gasteiger partial charge in [0.1, 0.15) is 17.1 Å². The zero-order valence-electron chi connectivity index (χ0n) is 16.1. The van der Waals surface area contributed by atoms with Crippen molar-refractivity contribution in [1.82, 2.24) is 4.98 Å². The van der Waals surface area contributed by atoms with Crippen molar-refractivity contribution in [3.8, 4) is 11.5 Å². The third-order valence-electron chi connectivity index (χ3n) is 4.65. The van der Waals surface area contributed by atoms with Crippen molar-refractivity contribution in [2.45, 2.75) is 13.3 Å². The highest BCUT2D eigenvalue weighted by molar-refractivity contribution is 7.22. The van der Waals surface area contributed by atoms with Crippen LogP contribution in [0.3, 0.4) is 0 Å². The second-order valence-electron chi connectivity index (χ2n) is 6.41. The molecule has 0 spiro atoms. The number of methoxy groups -OCH3 is 2. The molecule has 4 rings (SSSR count). The predicted molar refractivity (Wildman–Crippen MR) is 112 cm³/mol. The number of carbonyl (C=O) groups is 1. The fraction of sp³-hybridized carbons (Fsp3) is 0.190. The summed E-state index contributed by atoms with van der Waals surface area (Å²) in [5.41, 5.74) is 1.51. The second-order valence-corrected chi connectivity index (χ2v) is 7.44. The molecule has 0 saturated carbocycles. The van der Waals surface area contributed by atoms with Gasteiger partial charge in [0.25, 0.3) is 0 Å². The van der Waals surface area contributed by atoms with Crippen molar-refractivity contribution < 1.29 is 18.7 Å². The smallest absolute Gasteiger partial charge is 0.340 e. The van der Waals surface area contributed by atoms with E-state index in [1.54, 1.807) is 19.1 Å². The first-order valence-electron chi connectivity index (χ1n) is 8.84. The Hall–Kier alpha value is -3.39. The predicted octanol–water partition coefficient (Wildman–Crippen LogP) is 3.91. The highest BCUT2D eigenvalue weighted by Gasteiger charge is 2.19. The number of amides is 1. The fourth-order valence-corrected chi connectivity index (χ4v) is 4.10. The first-order valence-corrected chi connectivity index (χ1v) is 9.65. The first kappa shape index (κ1) is 18.9. The number of aryl methyl sites for hydroxylation is 1. The summed E-state index contributed by atoms with van der Waals surface area (Å²) in [6, 6.07) is 10.9. The minimum atomic E-state index is -0.565. The summed E-state index contributed by atoms with van der Waals surface area (Å²) in [6.45, 7) is 1.77. The summed E-state index contributed by atoms with van der Waals surface area (Å²) in [5.74, 6) is 0.679. The van der Waals surface area contributed by atoms with Gasteiger partial charge in [-0.1, -0.05) is 23.5 Å². The maximum atomic E-state index is 12.6. The van der Waals surface area contributed by atoms with Gasteiger partial charge < -0.3 is 19.2 Å². The van der Waals surface area contributed by atoms with Crippen LogP contribution in [0, 0.1) is 6.92 Å².